The van der Waals surface area contributed by atoms with Crippen molar-refractivity contribution < 1.29 is 4.79 Å². The van der Waals surface area contributed by atoms with E-state index < -0.39 is 0 Å². The van der Waals surface area contributed by atoms with Crippen LogP contribution in [0.2, 0.25) is 0 Å². The van der Waals surface area contributed by atoms with E-state index in [0.29, 0.717) is 13.1 Å². The second-order valence-electron chi connectivity index (χ2n) is 7.47. The van der Waals surface area contributed by atoms with Crippen molar-refractivity contribution in [1.29, 1.82) is 0 Å². The molecule has 0 saturated carbocycles. The Morgan fingerprint density at radius 3 is 2.56 bits per heavy atom. The molecule has 2 aliphatic rings. The van der Waals surface area contributed by atoms with E-state index in [1.807, 2.05) is 43.6 Å². The molecule has 1 unspecified atom stereocenters. The molecule has 7 nitrogen and oxygen atoms in total. The Hall–Kier alpha value is -2.67. The zero-order chi connectivity index (χ0) is 18.8. The molecular weight excluding hydrogens is 340 g/mol. The minimum Gasteiger partial charge on any atom is -0.365 e. The van der Waals surface area contributed by atoms with E-state index >= 15 is 0 Å². The Kier molecular flexibility index (Phi) is 4.94. The highest BCUT2D eigenvalue weighted by molar-refractivity contribution is 5.97. The summed E-state index contributed by atoms with van der Waals surface area (Å²) in [4.78, 5) is 28.2. The van der Waals surface area contributed by atoms with Crippen LogP contribution in [-0.4, -0.2) is 60.5 Å². The average molecular weight is 366 g/mol. The fraction of sp³-hybridized carbons (Fsp3) is 0.450. The SMILES string of the molecule is CC1CN(Cc2cnc(N3CCN(C)CC3)nc2)c2ccccc2NC1=O. The lowest BCUT2D eigenvalue weighted by atomic mass is 10.1. The van der Waals surface area contributed by atoms with Crippen molar-refractivity contribution in [3.05, 3.63) is 42.2 Å². The van der Waals surface area contributed by atoms with Gasteiger partial charge in [0.1, 0.15) is 0 Å². The molecule has 3 heterocycles. The summed E-state index contributed by atoms with van der Waals surface area (Å²) in [6.07, 6.45) is 3.82. The van der Waals surface area contributed by atoms with Gasteiger partial charge < -0.3 is 20.0 Å². The van der Waals surface area contributed by atoms with Crippen LogP contribution in [0.3, 0.4) is 0 Å². The predicted octanol–water partition coefficient (Wildman–Crippen LogP) is 1.82. The maximum atomic E-state index is 12.2. The normalized spacial score (nSPS) is 20.8. The first-order valence-electron chi connectivity index (χ1n) is 9.49. The van der Waals surface area contributed by atoms with Gasteiger partial charge in [0.15, 0.2) is 0 Å². The van der Waals surface area contributed by atoms with Gasteiger partial charge in [-0.05, 0) is 19.2 Å². The molecular formula is C20H26N6O. The molecule has 1 N–H and O–H groups in total. The maximum Gasteiger partial charge on any atom is 0.229 e. The summed E-state index contributed by atoms with van der Waals surface area (Å²) < 4.78 is 0. The van der Waals surface area contributed by atoms with Crippen LogP contribution in [-0.2, 0) is 11.3 Å². The van der Waals surface area contributed by atoms with Gasteiger partial charge in [-0.15, -0.1) is 0 Å². The summed E-state index contributed by atoms with van der Waals surface area (Å²) in [5.41, 5.74) is 2.95. The van der Waals surface area contributed by atoms with Gasteiger partial charge in [0.2, 0.25) is 11.9 Å². The summed E-state index contributed by atoms with van der Waals surface area (Å²) in [5.74, 6) is 0.780. The Morgan fingerprint density at radius 2 is 1.81 bits per heavy atom. The third kappa shape index (κ3) is 3.88. The number of fused-ring (bicyclic) bond motifs is 1. The fourth-order valence-electron chi connectivity index (χ4n) is 3.59. The van der Waals surface area contributed by atoms with Crippen LogP contribution >= 0.6 is 0 Å². The molecule has 1 fully saturated rings. The molecule has 0 aliphatic carbocycles. The lowest BCUT2D eigenvalue weighted by Crippen LogP contribution is -2.45. The first-order chi connectivity index (χ1) is 13.1. The van der Waals surface area contributed by atoms with Crippen LogP contribution in [0.1, 0.15) is 12.5 Å². The van der Waals surface area contributed by atoms with Crippen LogP contribution in [0.5, 0.6) is 0 Å². The van der Waals surface area contributed by atoms with Gasteiger partial charge in [0.05, 0.1) is 17.3 Å². The Bertz CT molecular complexity index is 800. The Balaban J connectivity index is 1.50. The van der Waals surface area contributed by atoms with E-state index in [4.69, 9.17) is 0 Å². The van der Waals surface area contributed by atoms with Gasteiger partial charge in [-0.2, -0.15) is 0 Å². The van der Waals surface area contributed by atoms with Crippen molar-refractivity contribution in [2.75, 3.05) is 54.9 Å². The molecule has 4 rings (SSSR count). The first kappa shape index (κ1) is 17.7. The van der Waals surface area contributed by atoms with E-state index in [1.165, 1.54) is 0 Å². The van der Waals surface area contributed by atoms with Crippen molar-refractivity contribution in [1.82, 2.24) is 14.9 Å². The minimum atomic E-state index is -0.0806. The van der Waals surface area contributed by atoms with Crippen molar-refractivity contribution in [2.24, 2.45) is 5.92 Å². The summed E-state index contributed by atoms with van der Waals surface area (Å²) >= 11 is 0. The summed E-state index contributed by atoms with van der Waals surface area (Å²) in [7, 11) is 2.14. The molecule has 1 amide bonds. The average Bonchev–Trinajstić information content (AvgIpc) is 2.80. The zero-order valence-electron chi connectivity index (χ0n) is 15.9. The number of nitrogens with one attached hydrogen (secondary N) is 1. The number of hydrogen-bond donors (Lipinski definition) is 1. The topological polar surface area (TPSA) is 64.6 Å². The summed E-state index contributed by atoms with van der Waals surface area (Å²) in [6.45, 7) is 7.30. The van der Waals surface area contributed by atoms with Gasteiger partial charge in [0, 0.05) is 57.2 Å². The molecule has 0 bridgehead atoms. The molecule has 2 aromatic rings. The number of hydrogen-bond acceptors (Lipinski definition) is 6. The van der Waals surface area contributed by atoms with E-state index in [-0.39, 0.29) is 11.8 Å². The van der Waals surface area contributed by atoms with Gasteiger partial charge in [-0.1, -0.05) is 19.1 Å². The number of para-hydroxylation sites is 2. The van der Waals surface area contributed by atoms with Gasteiger partial charge in [0.25, 0.3) is 0 Å². The highest BCUT2D eigenvalue weighted by Gasteiger charge is 2.25. The monoisotopic (exact) mass is 366 g/mol. The number of amides is 1. The van der Waals surface area contributed by atoms with Crippen molar-refractivity contribution in [3.63, 3.8) is 0 Å². The van der Waals surface area contributed by atoms with Gasteiger partial charge in [-0.25, -0.2) is 9.97 Å². The molecule has 142 valence electrons. The molecule has 1 saturated heterocycles. The molecule has 0 spiro atoms. The number of aromatic nitrogens is 2. The second-order valence-corrected chi connectivity index (χ2v) is 7.47. The first-order valence-corrected chi connectivity index (χ1v) is 9.49. The Labute approximate surface area is 160 Å². The molecule has 27 heavy (non-hydrogen) atoms. The quantitative estimate of drug-likeness (QED) is 0.894. The molecule has 7 heteroatoms. The molecule has 1 aromatic heterocycles. The number of carbonyl (C=O) groups is 1. The second kappa shape index (κ2) is 7.52. The highest BCUT2D eigenvalue weighted by Crippen LogP contribution is 2.30. The third-order valence-corrected chi connectivity index (χ3v) is 5.30. The van der Waals surface area contributed by atoms with E-state index in [9.17, 15) is 4.79 Å². The summed E-state index contributed by atoms with van der Waals surface area (Å²) in [5, 5.41) is 3.02. The molecule has 1 aromatic carbocycles. The lowest BCUT2D eigenvalue weighted by Gasteiger charge is -2.32. The molecule has 0 radical (unpaired) electrons. The number of rotatable bonds is 3. The minimum absolute atomic E-state index is 0.0617. The van der Waals surface area contributed by atoms with E-state index in [0.717, 1.165) is 49.1 Å². The van der Waals surface area contributed by atoms with E-state index in [1.54, 1.807) is 0 Å². The molecule has 2 aliphatic heterocycles. The van der Waals surface area contributed by atoms with Gasteiger partial charge >= 0.3 is 0 Å². The number of likely N-dealkylation sites (N-methyl/N-ethyl adjacent to an activating group) is 1. The number of benzene rings is 1. The lowest BCUT2D eigenvalue weighted by molar-refractivity contribution is -0.119. The number of piperazine rings is 1. The van der Waals surface area contributed by atoms with Crippen LogP contribution in [0.4, 0.5) is 17.3 Å². The van der Waals surface area contributed by atoms with Crippen molar-refractivity contribution in [3.8, 4) is 0 Å². The number of nitrogens with zero attached hydrogens (tertiary/aromatic N) is 5. The van der Waals surface area contributed by atoms with Crippen molar-refractivity contribution in [2.45, 2.75) is 13.5 Å². The van der Waals surface area contributed by atoms with Crippen LogP contribution in [0.15, 0.2) is 36.7 Å². The standard InChI is InChI=1S/C20H26N6O/c1-15-13-26(18-6-4-3-5-17(18)23-19(15)27)14-16-11-21-20(22-12-16)25-9-7-24(2)8-10-25/h3-6,11-12,15H,7-10,13-14H2,1-2H3,(H,23,27). The number of carbonyl (C=O) groups excluding carboxylic acids is 1. The van der Waals surface area contributed by atoms with Gasteiger partial charge in [-0.3, -0.25) is 4.79 Å². The van der Waals surface area contributed by atoms with E-state index in [2.05, 4.69) is 37.0 Å². The fourth-order valence-corrected chi connectivity index (χ4v) is 3.59. The van der Waals surface area contributed by atoms with Crippen LogP contribution in [0, 0.1) is 5.92 Å². The van der Waals surface area contributed by atoms with Crippen LogP contribution < -0.4 is 15.1 Å². The smallest absolute Gasteiger partial charge is 0.229 e. The zero-order valence-corrected chi connectivity index (χ0v) is 15.9. The predicted molar refractivity (Wildman–Crippen MR) is 107 cm³/mol. The number of anilines is 3. The largest absolute Gasteiger partial charge is 0.365 e. The Morgan fingerprint density at radius 1 is 1.11 bits per heavy atom. The van der Waals surface area contributed by atoms with Crippen molar-refractivity contribution >= 4 is 23.2 Å². The maximum absolute atomic E-state index is 12.2. The third-order valence-electron chi connectivity index (χ3n) is 5.30. The highest BCUT2D eigenvalue weighted by atomic mass is 16.1. The molecule has 1 atom stereocenters. The summed E-state index contributed by atoms with van der Waals surface area (Å²) in [6, 6.07) is 7.94. The van der Waals surface area contributed by atoms with Crippen LogP contribution in [0.25, 0.3) is 0 Å².